The lowest BCUT2D eigenvalue weighted by Crippen LogP contribution is -2.29. The Morgan fingerprint density at radius 3 is 2.52 bits per heavy atom. The van der Waals surface area contributed by atoms with E-state index in [-0.39, 0.29) is 23.4 Å². The molecule has 9 heteroatoms. The van der Waals surface area contributed by atoms with Crippen LogP contribution in [0.5, 0.6) is 0 Å². The van der Waals surface area contributed by atoms with Crippen LogP contribution >= 0.6 is 0 Å². The van der Waals surface area contributed by atoms with E-state index in [1.165, 1.54) is 12.6 Å². The minimum absolute atomic E-state index is 0.0453. The van der Waals surface area contributed by atoms with Gasteiger partial charge in [-0.25, -0.2) is 4.98 Å². The van der Waals surface area contributed by atoms with E-state index in [2.05, 4.69) is 29.1 Å². The number of nitrogens with zero attached hydrogens (tertiary/aromatic N) is 3. The lowest BCUT2D eigenvalue weighted by molar-refractivity contribution is 0.0937. The number of aromatic nitrogens is 2. The van der Waals surface area contributed by atoms with Crippen LogP contribution in [0.25, 0.3) is 0 Å². The number of rotatable bonds is 13. The maximum absolute atomic E-state index is 12.4. The summed E-state index contributed by atoms with van der Waals surface area (Å²) in [6, 6.07) is 0. The molecule has 0 aliphatic carbocycles. The molecule has 0 aliphatic rings. The maximum Gasteiger partial charge on any atom is 0.287 e. The van der Waals surface area contributed by atoms with Crippen molar-refractivity contribution in [3.8, 4) is 0 Å². The Balaban J connectivity index is 2.56. The Morgan fingerprint density at radius 1 is 1.15 bits per heavy atom. The van der Waals surface area contributed by atoms with Gasteiger partial charge in [-0.3, -0.25) is 14.6 Å². The predicted molar refractivity (Wildman–Crippen MR) is 106 cm³/mol. The average molecular weight is 380 g/mol. The lowest BCUT2D eigenvalue weighted by Gasteiger charge is -2.11. The van der Waals surface area contributed by atoms with Crippen molar-refractivity contribution in [1.82, 2.24) is 14.9 Å². The van der Waals surface area contributed by atoms with Crippen LogP contribution in [0.1, 0.15) is 73.5 Å². The second-order valence-electron chi connectivity index (χ2n) is 7.00. The van der Waals surface area contributed by atoms with Crippen molar-refractivity contribution in [3.63, 3.8) is 0 Å². The highest BCUT2D eigenvalue weighted by Crippen LogP contribution is 2.09. The second-order valence-corrected chi connectivity index (χ2v) is 7.00. The van der Waals surface area contributed by atoms with Gasteiger partial charge in [0.2, 0.25) is 0 Å². The fraction of sp³-hybridized carbons (Fsp3) is 0.667. The van der Waals surface area contributed by atoms with E-state index in [1.54, 1.807) is 4.57 Å². The number of imidazole rings is 1. The molecule has 0 unspecified atom stereocenters. The van der Waals surface area contributed by atoms with Gasteiger partial charge in [0.15, 0.2) is 11.8 Å². The number of amides is 2. The van der Waals surface area contributed by atoms with Crippen LogP contribution in [-0.2, 0) is 6.54 Å². The number of nitrogens with one attached hydrogen (secondary N) is 1. The molecule has 0 saturated heterocycles. The van der Waals surface area contributed by atoms with Gasteiger partial charge in [-0.2, -0.15) is 0 Å². The molecule has 0 fully saturated rings. The van der Waals surface area contributed by atoms with Crippen LogP contribution in [0.2, 0.25) is 0 Å². The maximum atomic E-state index is 12.4. The molecule has 1 rings (SSSR count). The van der Waals surface area contributed by atoms with E-state index < -0.39 is 5.91 Å². The monoisotopic (exact) mass is 379 g/mol. The summed E-state index contributed by atoms with van der Waals surface area (Å²) in [4.78, 5) is 32.0. The fourth-order valence-corrected chi connectivity index (χ4v) is 2.71. The first-order valence-corrected chi connectivity index (χ1v) is 9.51. The minimum Gasteiger partial charge on any atom is -0.370 e. The SMILES string of the molecule is CC(C)CCCCCNC(=O)c1ncc(C(N)=O)n1CCCCN=C(N)N. The number of hydrogen-bond donors (Lipinski definition) is 4. The van der Waals surface area contributed by atoms with Crippen LogP contribution in [-0.4, -0.2) is 40.4 Å². The second kappa shape index (κ2) is 11.9. The largest absolute Gasteiger partial charge is 0.370 e. The molecule has 0 spiro atoms. The van der Waals surface area contributed by atoms with Crippen molar-refractivity contribution in [3.05, 3.63) is 17.7 Å². The Hall–Kier alpha value is -2.58. The molecule has 2 amide bonds. The van der Waals surface area contributed by atoms with E-state index in [1.807, 2.05) is 0 Å². The highest BCUT2D eigenvalue weighted by atomic mass is 16.2. The predicted octanol–water partition coefficient (Wildman–Crippen LogP) is 0.982. The topological polar surface area (TPSA) is 154 Å². The average Bonchev–Trinajstić information content (AvgIpc) is 3.01. The standard InChI is InChI=1S/C18H33N7O2/c1-13(2)8-4-3-5-9-22-17(27)16-24-12-14(15(19)26)25(16)11-7-6-10-23-18(20)21/h12-13H,3-11H2,1-2H3,(H2,19,26)(H,22,27)(H4,20,21,23). The Morgan fingerprint density at radius 2 is 1.89 bits per heavy atom. The molecule has 152 valence electrons. The first-order chi connectivity index (χ1) is 12.8. The van der Waals surface area contributed by atoms with Crippen LogP contribution < -0.4 is 22.5 Å². The van der Waals surface area contributed by atoms with Crippen molar-refractivity contribution in [1.29, 1.82) is 0 Å². The third kappa shape index (κ3) is 8.57. The van der Waals surface area contributed by atoms with Gasteiger partial charge in [-0.15, -0.1) is 0 Å². The Kier molecular flexibility index (Phi) is 9.92. The number of primary amides is 1. The minimum atomic E-state index is -0.612. The van der Waals surface area contributed by atoms with Crippen molar-refractivity contribution in [2.45, 2.75) is 58.9 Å². The van der Waals surface area contributed by atoms with E-state index in [9.17, 15) is 9.59 Å². The molecular formula is C18H33N7O2. The zero-order valence-electron chi connectivity index (χ0n) is 16.4. The fourth-order valence-electron chi connectivity index (χ4n) is 2.71. The first kappa shape index (κ1) is 22.5. The highest BCUT2D eigenvalue weighted by molar-refractivity contribution is 5.95. The first-order valence-electron chi connectivity index (χ1n) is 9.51. The van der Waals surface area contributed by atoms with E-state index in [0.29, 0.717) is 38.4 Å². The molecule has 27 heavy (non-hydrogen) atoms. The van der Waals surface area contributed by atoms with Gasteiger partial charge in [0.1, 0.15) is 5.69 Å². The van der Waals surface area contributed by atoms with Crippen LogP contribution in [0.4, 0.5) is 0 Å². The number of aliphatic imine (C=N–C) groups is 1. The van der Waals surface area contributed by atoms with Crippen molar-refractivity contribution < 1.29 is 9.59 Å². The lowest BCUT2D eigenvalue weighted by atomic mass is 10.1. The van der Waals surface area contributed by atoms with Crippen molar-refractivity contribution in [2.24, 2.45) is 28.1 Å². The number of nitrogens with two attached hydrogens (primary N) is 3. The number of carbonyl (C=O) groups excluding carboxylic acids is 2. The van der Waals surface area contributed by atoms with E-state index in [0.717, 1.165) is 19.3 Å². The number of guanidine groups is 1. The Labute approximate surface area is 160 Å². The van der Waals surface area contributed by atoms with Gasteiger partial charge in [-0.05, 0) is 25.2 Å². The molecule has 9 nitrogen and oxygen atoms in total. The highest BCUT2D eigenvalue weighted by Gasteiger charge is 2.19. The van der Waals surface area contributed by atoms with E-state index >= 15 is 0 Å². The molecule has 0 radical (unpaired) electrons. The van der Waals surface area contributed by atoms with Gasteiger partial charge in [0.05, 0.1) is 6.20 Å². The molecule has 0 aliphatic heterocycles. The van der Waals surface area contributed by atoms with Crippen molar-refractivity contribution in [2.75, 3.05) is 13.1 Å². The van der Waals surface area contributed by atoms with Crippen LogP contribution in [0.3, 0.4) is 0 Å². The Bertz CT molecular complexity index is 634. The number of carbonyl (C=O) groups is 2. The zero-order valence-corrected chi connectivity index (χ0v) is 16.4. The summed E-state index contributed by atoms with van der Waals surface area (Å²) in [5.41, 5.74) is 16.2. The van der Waals surface area contributed by atoms with Crippen molar-refractivity contribution >= 4 is 17.8 Å². The number of unbranched alkanes of at least 4 members (excludes halogenated alkanes) is 3. The summed E-state index contributed by atoms with van der Waals surface area (Å²) in [5, 5.41) is 2.87. The summed E-state index contributed by atoms with van der Waals surface area (Å²) < 4.78 is 1.56. The normalized spacial score (nSPS) is 10.8. The molecule has 0 atom stereocenters. The van der Waals surface area contributed by atoms with Gasteiger partial charge in [0, 0.05) is 19.6 Å². The summed E-state index contributed by atoms with van der Waals surface area (Å²) in [6.07, 6.45) is 7.08. The van der Waals surface area contributed by atoms with Gasteiger partial charge < -0.3 is 27.1 Å². The zero-order chi connectivity index (χ0) is 20.2. The smallest absolute Gasteiger partial charge is 0.287 e. The van der Waals surface area contributed by atoms with Crippen LogP contribution in [0, 0.1) is 5.92 Å². The summed E-state index contributed by atoms with van der Waals surface area (Å²) >= 11 is 0. The van der Waals surface area contributed by atoms with Gasteiger partial charge >= 0.3 is 0 Å². The van der Waals surface area contributed by atoms with Gasteiger partial charge in [-0.1, -0.05) is 33.1 Å². The quantitative estimate of drug-likeness (QED) is 0.228. The molecule has 7 N–H and O–H groups in total. The molecule has 1 heterocycles. The summed E-state index contributed by atoms with van der Waals surface area (Å²) in [7, 11) is 0. The molecule has 1 aromatic rings. The van der Waals surface area contributed by atoms with E-state index in [4.69, 9.17) is 17.2 Å². The third-order valence-electron chi connectivity index (χ3n) is 4.14. The summed E-state index contributed by atoms with van der Waals surface area (Å²) in [6.45, 7) is 5.92. The third-order valence-corrected chi connectivity index (χ3v) is 4.14. The van der Waals surface area contributed by atoms with Crippen LogP contribution in [0.15, 0.2) is 11.2 Å². The van der Waals surface area contributed by atoms with Gasteiger partial charge in [0.25, 0.3) is 11.8 Å². The molecule has 0 saturated carbocycles. The molecule has 0 bridgehead atoms. The molecule has 1 aromatic heterocycles. The summed E-state index contributed by atoms with van der Waals surface area (Å²) in [5.74, 6) is 0.0399. The molecule has 0 aromatic carbocycles. The molecular weight excluding hydrogens is 346 g/mol. The number of hydrogen-bond acceptors (Lipinski definition) is 4.